The monoisotopic (exact) mass is 265 g/mol. The minimum Gasteiger partial charge on any atom is -0.370 e. The molecule has 104 valence electrons. The largest absolute Gasteiger partial charge is 0.370 e. The van der Waals surface area contributed by atoms with E-state index in [-0.39, 0.29) is 18.1 Å². The second-order valence-electron chi connectivity index (χ2n) is 4.57. The summed E-state index contributed by atoms with van der Waals surface area (Å²) in [6, 6.07) is 3.46. The third-order valence-corrected chi connectivity index (χ3v) is 3.02. The van der Waals surface area contributed by atoms with Gasteiger partial charge in [-0.25, -0.2) is 0 Å². The summed E-state index contributed by atoms with van der Waals surface area (Å²) in [6.07, 6.45) is 0.104. The summed E-state index contributed by atoms with van der Waals surface area (Å²) in [5, 5.41) is 10.5. The number of carbonyl (C=O) groups is 1. The van der Waals surface area contributed by atoms with Gasteiger partial charge in [-0.2, -0.15) is 0 Å². The molecule has 19 heavy (non-hydrogen) atoms. The van der Waals surface area contributed by atoms with E-state index in [0.29, 0.717) is 18.8 Å². The molecule has 0 aliphatic carbocycles. The molecule has 7 nitrogen and oxygen atoms in total. The van der Waals surface area contributed by atoms with Crippen molar-refractivity contribution in [3.8, 4) is 0 Å². The molecule has 0 aromatic carbocycles. The van der Waals surface area contributed by atoms with Crippen molar-refractivity contribution in [1.29, 1.82) is 0 Å². The molecular formula is C12H19N5O2. The highest BCUT2D eigenvalue weighted by Gasteiger charge is 2.25. The fourth-order valence-electron chi connectivity index (χ4n) is 2.11. The molecular weight excluding hydrogens is 246 g/mol. The molecule has 1 aliphatic rings. The molecule has 3 N–H and O–H groups in total. The van der Waals surface area contributed by atoms with Crippen LogP contribution >= 0.6 is 0 Å². The summed E-state index contributed by atoms with van der Waals surface area (Å²) in [7, 11) is 1.56. The van der Waals surface area contributed by atoms with Crippen LogP contribution in [0.4, 0.5) is 5.82 Å². The van der Waals surface area contributed by atoms with Gasteiger partial charge in [0.2, 0.25) is 0 Å². The molecule has 2 rings (SSSR count). The van der Waals surface area contributed by atoms with Crippen LogP contribution in [0.5, 0.6) is 0 Å². The van der Waals surface area contributed by atoms with Crippen LogP contribution in [-0.2, 0) is 4.74 Å². The number of amides is 1. The molecule has 1 aliphatic heterocycles. The fourth-order valence-corrected chi connectivity index (χ4v) is 2.11. The number of hydrogen-bond donors (Lipinski definition) is 2. The van der Waals surface area contributed by atoms with Crippen molar-refractivity contribution in [3.05, 3.63) is 17.8 Å². The maximum absolute atomic E-state index is 11.4. The number of nitrogens with zero attached hydrogens (tertiary/aromatic N) is 3. The number of nitrogens with two attached hydrogens (primary N) is 1. The van der Waals surface area contributed by atoms with E-state index in [1.165, 1.54) is 0 Å². The molecule has 1 fully saturated rings. The Labute approximate surface area is 112 Å². The number of morpholine rings is 1. The van der Waals surface area contributed by atoms with Gasteiger partial charge < -0.3 is 20.7 Å². The average Bonchev–Trinajstić information content (AvgIpc) is 2.46. The first-order chi connectivity index (χ1) is 9.13. The number of carbonyl (C=O) groups excluding carboxylic acids is 1. The zero-order chi connectivity index (χ0) is 13.8. The van der Waals surface area contributed by atoms with E-state index in [4.69, 9.17) is 10.5 Å². The normalized spacial score (nSPS) is 23.2. The SMILES string of the molecule is CNC(=O)c1ccc(N2CC(C)OC(CN)C2)nn1. The van der Waals surface area contributed by atoms with Gasteiger partial charge in [0.1, 0.15) is 0 Å². The average molecular weight is 265 g/mol. The molecule has 7 heteroatoms. The van der Waals surface area contributed by atoms with Crippen molar-refractivity contribution >= 4 is 11.7 Å². The van der Waals surface area contributed by atoms with Crippen LogP contribution in [0.15, 0.2) is 12.1 Å². The number of nitrogens with one attached hydrogen (secondary N) is 1. The lowest BCUT2D eigenvalue weighted by Crippen LogP contribution is -2.49. The van der Waals surface area contributed by atoms with E-state index in [1.807, 2.05) is 6.92 Å². The Kier molecular flexibility index (Phi) is 4.28. The Morgan fingerprint density at radius 1 is 1.53 bits per heavy atom. The van der Waals surface area contributed by atoms with E-state index in [9.17, 15) is 4.79 Å². The maximum atomic E-state index is 11.4. The third kappa shape index (κ3) is 3.18. The first-order valence-corrected chi connectivity index (χ1v) is 6.30. The van der Waals surface area contributed by atoms with Gasteiger partial charge in [0.05, 0.1) is 12.2 Å². The summed E-state index contributed by atoms with van der Waals surface area (Å²) in [4.78, 5) is 13.5. The Morgan fingerprint density at radius 3 is 2.89 bits per heavy atom. The number of rotatable bonds is 3. The van der Waals surface area contributed by atoms with Gasteiger partial charge in [-0.3, -0.25) is 4.79 Å². The van der Waals surface area contributed by atoms with Gasteiger partial charge in [0, 0.05) is 26.7 Å². The molecule has 2 unspecified atom stereocenters. The summed E-state index contributed by atoms with van der Waals surface area (Å²) in [6.45, 7) is 3.91. The minimum atomic E-state index is -0.241. The smallest absolute Gasteiger partial charge is 0.271 e. The molecule has 1 amide bonds. The second kappa shape index (κ2) is 5.94. The molecule has 2 heterocycles. The van der Waals surface area contributed by atoms with E-state index in [2.05, 4.69) is 20.4 Å². The fraction of sp³-hybridized carbons (Fsp3) is 0.583. The summed E-state index contributed by atoms with van der Waals surface area (Å²) in [5.74, 6) is 0.496. The predicted octanol–water partition coefficient (Wildman–Crippen LogP) is -0.611. The quantitative estimate of drug-likeness (QED) is 0.757. The van der Waals surface area contributed by atoms with Gasteiger partial charge >= 0.3 is 0 Å². The van der Waals surface area contributed by atoms with Gasteiger partial charge in [-0.15, -0.1) is 10.2 Å². The van der Waals surface area contributed by atoms with Crippen LogP contribution in [-0.4, -0.2) is 55.0 Å². The van der Waals surface area contributed by atoms with Crippen LogP contribution in [0.1, 0.15) is 17.4 Å². The molecule has 2 atom stereocenters. The third-order valence-electron chi connectivity index (χ3n) is 3.02. The zero-order valence-electron chi connectivity index (χ0n) is 11.2. The molecule has 0 spiro atoms. The number of hydrogen-bond acceptors (Lipinski definition) is 6. The predicted molar refractivity (Wildman–Crippen MR) is 71.0 cm³/mol. The Hall–Kier alpha value is -1.73. The highest BCUT2D eigenvalue weighted by Crippen LogP contribution is 2.17. The van der Waals surface area contributed by atoms with Crippen molar-refractivity contribution in [2.75, 3.05) is 31.6 Å². The van der Waals surface area contributed by atoms with Crippen LogP contribution in [0.25, 0.3) is 0 Å². The van der Waals surface area contributed by atoms with Crippen molar-refractivity contribution in [2.24, 2.45) is 5.73 Å². The van der Waals surface area contributed by atoms with Gasteiger partial charge in [0.15, 0.2) is 11.5 Å². The Balaban J connectivity index is 2.11. The number of anilines is 1. The van der Waals surface area contributed by atoms with Gasteiger partial charge in [-0.05, 0) is 19.1 Å². The molecule has 1 saturated heterocycles. The molecule has 1 aromatic rings. The van der Waals surface area contributed by atoms with Crippen molar-refractivity contribution in [1.82, 2.24) is 15.5 Å². The highest BCUT2D eigenvalue weighted by molar-refractivity contribution is 5.91. The van der Waals surface area contributed by atoms with Crippen LogP contribution in [0.3, 0.4) is 0 Å². The lowest BCUT2D eigenvalue weighted by atomic mass is 10.2. The van der Waals surface area contributed by atoms with E-state index >= 15 is 0 Å². The molecule has 0 bridgehead atoms. The van der Waals surface area contributed by atoms with Gasteiger partial charge in [-0.1, -0.05) is 0 Å². The number of aromatic nitrogens is 2. The summed E-state index contributed by atoms with van der Waals surface area (Å²) < 4.78 is 5.69. The topological polar surface area (TPSA) is 93.4 Å². The van der Waals surface area contributed by atoms with E-state index in [0.717, 1.165) is 12.4 Å². The summed E-state index contributed by atoms with van der Waals surface area (Å²) >= 11 is 0. The lowest BCUT2D eigenvalue weighted by molar-refractivity contribution is -0.0107. The molecule has 0 radical (unpaired) electrons. The van der Waals surface area contributed by atoms with Crippen LogP contribution in [0, 0.1) is 0 Å². The molecule has 1 aromatic heterocycles. The zero-order valence-corrected chi connectivity index (χ0v) is 11.2. The van der Waals surface area contributed by atoms with Crippen LogP contribution in [0.2, 0.25) is 0 Å². The second-order valence-corrected chi connectivity index (χ2v) is 4.57. The first kappa shape index (κ1) is 13.7. The van der Waals surface area contributed by atoms with Crippen LogP contribution < -0.4 is 16.0 Å². The Bertz CT molecular complexity index is 436. The summed E-state index contributed by atoms with van der Waals surface area (Å²) in [5.41, 5.74) is 5.96. The number of ether oxygens (including phenoxy) is 1. The Morgan fingerprint density at radius 2 is 2.32 bits per heavy atom. The highest BCUT2D eigenvalue weighted by atomic mass is 16.5. The molecule has 0 saturated carbocycles. The van der Waals surface area contributed by atoms with Crippen molar-refractivity contribution in [3.63, 3.8) is 0 Å². The van der Waals surface area contributed by atoms with Gasteiger partial charge in [0.25, 0.3) is 5.91 Å². The lowest BCUT2D eigenvalue weighted by Gasteiger charge is -2.36. The van der Waals surface area contributed by atoms with E-state index in [1.54, 1.807) is 19.2 Å². The van der Waals surface area contributed by atoms with Crippen molar-refractivity contribution in [2.45, 2.75) is 19.1 Å². The maximum Gasteiger partial charge on any atom is 0.271 e. The standard InChI is InChI=1S/C12H19N5O2/c1-8-6-17(7-9(5-13)19-8)11-4-3-10(15-16-11)12(18)14-2/h3-4,8-9H,5-7,13H2,1-2H3,(H,14,18). The van der Waals surface area contributed by atoms with E-state index < -0.39 is 0 Å². The van der Waals surface area contributed by atoms with Crippen molar-refractivity contribution < 1.29 is 9.53 Å². The first-order valence-electron chi connectivity index (χ1n) is 6.30. The minimum absolute atomic E-state index is 0.00386.